The van der Waals surface area contributed by atoms with E-state index in [1.165, 1.54) is 11.3 Å². The number of carbonyl (C=O) groups is 3. The van der Waals surface area contributed by atoms with Crippen molar-refractivity contribution in [3.05, 3.63) is 70.9 Å². The molecule has 4 rings (SSSR count). The molecule has 1 fully saturated rings. The van der Waals surface area contributed by atoms with Crippen LogP contribution in [0.15, 0.2) is 49.2 Å². The Balaban J connectivity index is 1.58. The number of thiophene rings is 1. The fraction of sp³-hybridized carbons (Fsp3) is 0.355. The van der Waals surface area contributed by atoms with Crippen LogP contribution in [-0.2, 0) is 10.2 Å². The Morgan fingerprint density at radius 2 is 1.85 bits per heavy atom. The molecule has 0 radical (unpaired) electrons. The molecule has 0 atom stereocenters. The topological polar surface area (TPSA) is 115 Å². The number of carbonyl (C=O) groups excluding carboxylic acids is 3. The van der Waals surface area contributed by atoms with Gasteiger partial charge in [0, 0.05) is 42.5 Å². The zero-order valence-electron chi connectivity index (χ0n) is 24.7. The van der Waals surface area contributed by atoms with Gasteiger partial charge in [0.05, 0.1) is 17.0 Å². The molecule has 1 aromatic carbocycles. The molecule has 1 aliphatic heterocycles. The summed E-state index contributed by atoms with van der Waals surface area (Å²) in [6.07, 6.45) is 1.78. The zero-order chi connectivity index (χ0) is 30.1. The van der Waals surface area contributed by atoms with Crippen molar-refractivity contribution in [2.45, 2.75) is 52.5 Å². The van der Waals surface area contributed by atoms with Crippen LogP contribution in [0.25, 0.3) is 16.8 Å². The molecule has 0 saturated carbocycles. The Labute approximate surface area is 245 Å². The second kappa shape index (κ2) is 11.4. The molecule has 10 heteroatoms. The van der Waals surface area contributed by atoms with Gasteiger partial charge in [0.15, 0.2) is 0 Å². The minimum absolute atomic E-state index is 0.206. The lowest BCUT2D eigenvalue weighted by Gasteiger charge is -2.41. The second-order valence-electron chi connectivity index (χ2n) is 11.6. The van der Waals surface area contributed by atoms with Crippen molar-refractivity contribution >= 4 is 45.6 Å². The van der Waals surface area contributed by atoms with E-state index in [4.69, 9.17) is 0 Å². The predicted molar refractivity (Wildman–Crippen MR) is 166 cm³/mol. The first kappa shape index (κ1) is 29.8. The van der Waals surface area contributed by atoms with E-state index in [1.807, 2.05) is 43.3 Å². The van der Waals surface area contributed by atoms with E-state index in [0.29, 0.717) is 29.3 Å². The summed E-state index contributed by atoms with van der Waals surface area (Å²) >= 11 is 1.37. The van der Waals surface area contributed by atoms with Gasteiger partial charge >= 0.3 is 6.03 Å². The average Bonchev–Trinajstić information content (AvgIpc) is 3.35. The smallest absolute Gasteiger partial charge is 0.324 e. The quantitative estimate of drug-likeness (QED) is 0.306. The van der Waals surface area contributed by atoms with Crippen molar-refractivity contribution in [3.8, 4) is 11.1 Å². The summed E-state index contributed by atoms with van der Waals surface area (Å²) in [4.78, 5) is 46.5. The van der Waals surface area contributed by atoms with Gasteiger partial charge < -0.3 is 20.9 Å². The summed E-state index contributed by atoms with van der Waals surface area (Å²) in [6, 6.07) is 10.9. The summed E-state index contributed by atoms with van der Waals surface area (Å²) in [6.45, 7) is 16.3. The number of anilines is 2. The van der Waals surface area contributed by atoms with Gasteiger partial charge in [-0.3, -0.25) is 19.9 Å². The van der Waals surface area contributed by atoms with Gasteiger partial charge in [-0.1, -0.05) is 39.5 Å². The lowest BCUT2D eigenvalue weighted by atomic mass is 9.93. The van der Waals surface area contributed by atoms with Crippen molar-refractivity contribution in [2.24, 2.45) is 0 Å². The number of amides is 4. The van der Waals surface area contributed by atoms with Crippen molar-refractivity contribution in [3.63, 3.8) is 0 Å². The Bertz CT molecular complexity index is 1500. The van der Waals surface area contributed by atoms with E-state index in [-0.39, 0.29) is 17.2 Å². The van der Waals surface area contributed by atoms with Gasteiger partial charge in [0.1, 0.15) is 10.5 Å². The normalized spacial score (nSPS) is 14.7. The maximum absolute atomic E-state index is 13.8. The number of hydrogen-bond donors (Lipinski definition) is 4. The molecule has 0 aliphatic carbocycles. The standard InChI is InChI=1S/C31H38N6O3S/c1-18-9-11-21(15-22(18)20-10-12-24(34-17-20)19(2)32-8)35-29(40)36-26-23(16-25(41-26)30(3,4)5)27(38)37-14-13-33-28(39)31(37,6)7/h9-12,15-17,32H,2,13-14H2,1,3-8H3,(H,33,39)(H2,35,36,40). The largest absolute Gasteiger partial charge is 0.387 e. The van der Waals surface area contributed by atoms with Crippen LogP contribution in [0, 0.1) is 6.92 Å². The summed E-state index contributed by atoms with van der Waals surface area (Å²) in [5.41, 5.74) is 4.09. The Morgan fingerprint density at radius 3 is 2.49 bits per heavy atom. The molecule has 3 heterocycles. The monoisotopic (exact) mass is 574 g/mol. The molecule has 4 N–H and O–H groups in total. The molecule has 1 saturated heterocycles. The van der Waals surface area contributed by atoms with Crippen LogP contribution in [0.5, 0.6) is 0 Å². The number of aromatic nitrogens is 1. The third-order valence-electron chi connectivity index (χ3n) is 7.21. The van der Waals surface area contributed by atoms with Gasteiger partial charge in [-0.05, 0) is 61.6 Å². The first-order valence-corrected chi connectivity index (χ1v) is 14.3. The average molecular weight is 575 g/mol. The van der Waals surface area contributed by atoms with Crippen molar-refractivity contribution < 1.29 is 14.4 Å². The molecule has 216 valence electrons. The molecule has 0 bridgehead atoms. The molecule has 0 unspecified atom stereocenters. The fourth-order valence-corrected chi connectivity index (χ4v) is 5.65. The van der Waals surface area contributed by atoms with Crippen molar-refractivity contribution in [1.29, 1.82) is 0 Å². The first-order chi connectivity index (χ1) is 19.2. The van der Waals surface area contributed by atoms with Crippen LogP contribution < -0.4 is 21.3 Å². The van der Waals surface area contributed by atoms with Crippen LogP contribution in [0.1, 0.15) is 61.1 Å². The summed E-state index contributed by atoms with van der Waals surface area (Å²) < 4.78 is 0. The molecule has 1 aliphatic rings. The maximum atomic E-state index is 13.8. The number of urea groups is 1. The Morgan fingerprint density at radius 1 is 1.12 bits per heavy atom. The van der Waals surface area contributed by atoms with Crippen LogP contribution >= 0.6 is 11.3 Å². The fourth-order valence-electron chi connectivity index (χ4n) is 4.55. The molecule has 41 heavy (non-hydrogen) atoms. The van der Waals surface area contributed by atoms with Crippen LogP contribution in [-0.4, -0.2) is 53.4 Å². The summed E-state index contributed by atoms with van der Waals surface area (Å²) in [7, 11) is 1.80. The Kier molecular flexibility index (Phi) is 8.26. The number of piperazine rings is 1. The zero-order valence-corrected chi connectivity index (χ0v) is 25.5. The Hall–Kier alpha value is -4.18. The van der Waals surface area contributed by atoms with Gasteiger partial charge in [-0.25, -0.2) is 4.79 Å². The van der Waals surface area contributed by atoms with Crippen molar-refractivity contribution in [2.75, 3.05) is 30.8 Å². The van der Waals surface area contributed by atoms with Crippen LogP contribution in [0.2, 0.25) is 0 Å². The molecule has 0 spiro atoms. The van der Waals surface area contributed by atoms with Gasteiger partial charge in [-0.15, -0.1) is 11.3 Å². The highest BCUT2D eigenvalue weighted by molar-refractivity contribution is 7.16. The van der Waals surface area contributed by atoms with E-state index < -0.39 is 11.6 Å². The van der Waals surface area contributed by atoms with E-state index in [0.717, 1.165) is 33.0 Å². The summed E-state index contributed by atoms with van der Waals surface area (Å²) in [5.74, 6) is -0.496. The summed E-state index contributed by atoms with van der Waals surface area (Å²) in [5, 5.41) is 12.1. The molecule has 3 aromatic rings. The molecule has 9 nitrogen and oxygen atoms in total. The lowest BCUT2D eigenvalue weighted by Crippen LogP contribution is -2.63. The van der Waals surface area contributed by atoms with E-state index in [2.05, 4.69) is 53.6 Å². The highest BCUT2D eigenvalue weighted by Gasteiger charge is 2.42. The van der Waals surface area contributed by atoms with Gasteiger partial charge in [-0.2, -0.15) is 0 Å². The van der Waals surface area contributed by atoms with Crippen LogP contribution in [0.3, 0.4) is 0 Å². The maximum Gasteiger partial charge on any atom is 0.324 e. The number of aryl methyl sites for hydroxylation is 1. The van der Waals surface area contributed by atoms with Crippen molar-refractivity contribution in [1.82, 2.24) is 20.5 Å². The van der Waals surface area contributed by atoms with E-state index in [1.54, 1.807) is 32.0 Å². The molecule has 4 amide bonds. The number of rotatable bonds is 6. The second-order valence-corrected chi connectivity index (χ2v) is 12.7. The number of hydrogen-bond acceptors (Lipinski definition) is 6. The molecular weight excluding hydrogens is 536 g/mol. The number of benzene rings is 1. The first-order valence-electron chi connectivity index (χ1n) is 13.5. The lowest BCUT2D eigenvalue weighted by molar-refractivity contribution is -0.133. The van der Waals surface area contributed by atoms with Gasteiger partial charge in [0.2, 0.25) is 5.91 Å². The SMILES string of the molecule is C=C(NC)c1ccc(-c2cc(NC(=O)Nc3sc(C(C)(C)C)cc3C(=O)N3CCNC(=O)C3(C)C)ccc2C)cn1. The van der Waals surface area contributed by atoms with E-state index in [9.17, 15) is 14.4 Å². The highest BCUT2D eigenvalue weighted by Crippen LogP contribution is 2.38. The molecule has 2 aromatic heterocycles. The predicted octanol–water partition coefficient (Wildman–Crippen LogP) is 5.60. The third kappa shape index (κ3) is 6.27. The number of nitrogens with one attached hydrogen (secondary N) is 4. The molecular formula is C31H38N6O3S. The van der Waals surface area contributed by atoms with E-state index >= 15 is 0 Å². The highest BCUT2D eigenvalue weighted by atomic mass is 32.1. The minimum Gasteiger partial charge on any atom is -0.387 e. The number of pyridine rings is 1. The van der Waals surface area contributed by atoms with Gasteiger partial charge in [0.25, 0.3) is 5.91 Å². The third-order valence-corrected chi connectivity index (χ3v) is 8.68. The minimum atomic E-state index is -1.01. The van der Waals surface area contributed by atoms with Crippen LogP contribution in [0.4, 0.5) is 15.5 Å². The number of nitrogens with zero attached hydrogens (tertiary/aromatic N) is 2.